The van der Waals surface area contributed by atoms with Crippen LogP contribution in [-0.4, -0.2) is 46.0 Å². The lowest BCUT2D eigenvalue weighted by Gasteiger charge is -2.39. The van der Waals surface area contributed by atoms with Crippen molar-refractivity contribution in [1.29, 1.82) is 5.26 Å². The van der Waals surface area contributed by atoms with Crippen LogP contribution < -0.4 is 19.1 Å². The van der Waals surface area contributed by atoms with Gasteiger partial charge in [0.25, 0.3) is 0 Å². The topological polar surface area (TPSA) is 81.0 Å². The Balaban J connectivity index is 2.06. The molecule has 0 saturated carbocycles. The molecule has 150 valence electrons. The zero-order valence-corrected chi connectivity index (χ0v) is 16.8. The van der Waals surface area contributed by atoms with Crippen molar-refractivity contribution in [1.82, 2.24) is 0 Å². The molecular formula is C21H26N2O5. The Labute approximate surface area is 165 Å². The molecule has 0 radical (unpaired) electrons. The predicted molar refractivity (Wildman–Crippen MR) is 104 cm³/mol. The molecule has 2 saturated heterocycles. The van der Waals surface area contributed by atoms with Gasteiger partial charge in [-0.1, -0.05) is 0 Å². The van der Waals surface area contributed by atoms with E-state index in [0.717, 1.165) is 36.9 Å². The summed E-state index contributed by atoms with van der Waals surface area (Å²) in [6.45, 7) is 1.99. The number of nitrogens with zero attached hydrogens (tertiary/aromatic N) is 2. The molecule has 2 aliphatic heterocycles. The molecule has 1 aromatic carbocycles. The van der Waals surface area contributed by atoms with E-state index in [1.54, 1.807) is 28.3 Å². The summed E-state index contributed by atoms with van der Waals surface area (Å²) in [7, 11) is 4.75. The van der Waals surface area contributed by atoms with E-state index in [2.05, 4.69) is 11.0 Å². The van der Waals surface area contributed by atoms with Crippen LogP contribution in [0.15, 0.2) is 23.3 Å². The summed E-state index contributed by atoms with van der Waals surface area (Å²) in [5.74, 6) is 1.17. The van der Waals surface area contributed by atoms with Crippen LogP contribution in [0.25, 0.3) is 0 Å². The smallest absolute Gasteiger partial charge is 0.348 e. The molecule has 1 aromatic rings. The molecule has 2 atom stereocenters. The predicted octanol–water partition coefficient (Wildman–Crippen LogP) is 3.23. The Morgan fingerprint density at radius 3 is 2.36 bits per heavy atom. The van der Waals surface area contributed by atoms with Gasteiger partial charge in [0.15, 0.2) is 11.5 Å². The highest BCUT2D eigenvalue weighted by molar-refractivity contribution is 5.94. The molecule has 0 spiro atoms. The Kier molecular flexibility index (Phi) is 5.98. The number of methoxy groups -OCH3 is 3. The van der Waals surface area contributed by atoms with E-state index in [1.807, 2.05) is 12.1 Å². The van der Waals surface area contributed by atoms with E-state index in [4.69, 9.17) is 18.9 Å². The summed E-state index contributed by atoms with van der Waals surface area (Å²) in [6, 6.07) is 6.26. The molecule has 0 aromatic heterocycles. The molecular weight excluding hydrogens is 360 g/mol. The Morgan fingerprint density at radius 1 is 1.14 bits per heavy atom. The summed E-state index contributed by atoms with van der Waals surface area (Å²) in [5, 5.41) is 9.61. The second kappa shape index (κ2) is 8.42. The number of piperidine rings is 1. The standard InChI is InChI=1S/C21H26N2O5/c1-5-28-21(24)16(12-22)15-8-6-13-7-9-17(15)23(13)14-10-18(25-2)20(27-4)19(11-14)26-3/h10-11,13,17H,5-9H2,1-4H3. The Morgan fingerprint density at radius 2 is 1.82 bits per heavy atom. The number of nitriles is 1. The highest BCUT2D eigenvalue weighted by Crippen LogP contribution is 2.47. The summed E-state index contributed by atoms with van der Waals surface area (Å²) >= 11 is 0. The number of esters is 1. The minimum absolute atomic E-state index is 0.0133. The van der Waals surface area contributed by atoms with Crippen molar-refractivity contribution in [3.63, 3.8) is 0 Å². The molecule has 28 heavy (non-hydrogen) atoms. The van der Waals surface area contributed by atoms with Gasteiger partial charge in [0.05, 0.1) is 34.0 Å². The Bertz CT molecular complexity index is 802. The van der Waals surface area contributed by atoms with Crippen molar-refractivity contribution in [3.05, 3.63) is 23.3 Å². The van der Waals surface area contributed by atoms with Gasteiger partial charge < -0.3 is 23.8 Å². The van der Waals surface area contributed by atoms with E-state index in [1.165, 1.54) is 0 Å². The van der Waals surface area contributed by atoms with Crippen molar-refractivity contribution >= 4 is 11.7 Å². The van der Waals surface area contributed by atoms with Crippen LogP contribution in [0, 0.1) is 11.3 Å². The summed E-state index contributed by atoms with van der Waals surface area (Å²) in [4.78, 5) is 14.6. The molecule has 2 heterocycles. The van der Waals surface area contributed by atoms with Crippen LogP contribution in [-0.2, 0) is 9.53 Å². The average molecular weight is 386 g/mol. The van der Waals surface area contributed by atoms with Crippen molar-refractivity contribution in [2.24, 2.45) is 0 Å². The maximum atomic E-state index is 12.3. The highest BCUT2D eigenvalue weighted by Gasteiger charge is 2.42. The third-order valence-electron chi connectivity index (χ3n) is 5.51. The van der Waals surface area contributed by atoms with E-state index in [-0.39, 0.29) is 18.2 Å². The first-order valence-corrected chi connectivity index (χ1v) is 9.48. The lowest BCUT2D eigenvalue weighted by molar-refractivity contribution is -0.138. The Hall–Kier alpha value is -2.88. The number of ether oxygens (including phenoxy) is 4. The fraction of sp³-hybridized carbons (Fsp3) is 0.524. The van der Waals surface area contributed by atoms with Gasteiger partial charge in [0, 0.05) is 23.9 Å². The molecule has 2 fully saturated rings. The largest absolute Gasteiger partial charge is 0.493 e. The third kappa shape index (κ3) is 3.35. The van der Waals surface area contributed by atoms with E-state index in [9.17, 15) is 10.1 Å². The fourth-order valence-electron chi connectivity index (χ4n) is 4.35. The molecule has 7 nitrogen and oxygen atoms in total. The molecule has 2 aliphatic rings. The van der Waals surface area contributed by atoms with Gasteiger partial charge in [-0.25, -0.2) is 4.79 Å². The highest BCUT2D eigenvalue weighted by atomic mass is 16.5. The maximum absolute atomic E-state index is 12.3. The SMILES string of the molecule is CCOC(=O)C(C#N)=C1CCC2CCC1N2c1cc(OC)c(OC)c(OC)c1. The minimum Gasteiger partial charge on any atom is -0.493 e. The molecule has 0 aliphatic carbocycles. The number of hydrogen-bond acceptors (Lipinski definition) is 7. The van der Waals surface area contributed by atoms with Gasteiger partial charge in [0.2, 0.25) is 5.75 Å². The lowest BCUT2D eigenvalue weighted by atomic mass is 9.91. The van der Waals surface area contributed by atoms with Gasteiger partial charge in [-0.2, -0.15) is 5.26 Å². The lowest BCUT2D eigenvalue weighted by Crippen LogP contribution is -2.42. The number of benzene rings is 1. The molecule has 0 N–H and O–H groups in total. The first-order chi connectivity index (χ1) is 13.6. The van der Waals surface area contributed by atoms with E-state index >= 15 is 0 Å². The molecule has 2 bridgehead atoms. The number of anilines is 1. The van der Waals surface area contributed by atoms with Crippen molar-refractivity contribution in [2.75, 3.05) is 32.8 Å². The molecule has 2 unspecified atom stereocenters. The van der Waals surface area contributed by atoms with E-state index < -0.39 is 5.97 Å². The van der Waals surface area contributed by atoms with Gasteiger partial charge in [-0.15, -0.1) is 0 Å². The van der Waals surface area contributed by atoms with Crippen LogP contribution in [0.5, 0.6) is 17.2 Å². The zero-order chi connectivity index (χ0) is 20.3. The number of carbonyl (C=O) groups excluding carboxylic acids is 1. The van der Waals surface area contributed by atoms with Crippen LogP contribution in [0.3, 0.4) is 0 Å². The first kappa shape index (κ1) is 19.9. The van der Waals surface area contributed by atoms with Gasteiger partial charge >= 0.3 is 5.97 Å². The normalized spacial score (nSPS) is 22.3. The van der Waals surface area contributed by atoms with Gasteiger partial charge in [0.1, 0.15) is 11.6 Å². The third-order valence-corrected chi connectivity index (χ3v) is 5.51. The molecule has 7 heteroatoms. The van der Waals surface area contributed by atoms with Gasteiger partial charge in [-0.05, 0) is 38.2 Å². The monoisotopic (exact) mass is 386 g/mol. The number of hydrogen-bond donors (Lipinski definition) is 0. The molecule has 3 rings (SSSR count). The summed E-state index contributed by atoms with van der Waals surface area (Å²) < 4.78 is 21.5. The quantitative estimate of drug-likeness (QED) is 0.422. The van der Waals surface area contributed by atoms with Crippen molar-refractivity contribution in [3.8, 4) is 23.3 Å². The minimum atomic E-state index is -0.532. The van der Waals surface area contributed by atoms with Crippen LogP contribution in [0.2, 0.25) is 0 Å². The summed E-state index contributed by atoms with van der Waals surface area (Å²) in [5.41, 5.74) is 1.94. The first-order valence-electron chi connectivity index (χ1n) is 9.48. The number of fused-ring (bicyclic) bond motifs is 2. The van der Waals surface area contributed by atoms with Crippen molar-refractivity contribution in [2.45, 2.75) is 44.7 Å². The summed E-state index contributed by atoms with van der Waals surface area (Å²) in [6.07, 6.45) is 3.51. The van der Waals surface area contributed by atoms with Crippen molar-refractivity contribution < 1.29 is 23.7 Å². The van der Waals surface area contributed by atoms with Crippen LogP contribution >= 0.6 is 0 Å². The van der Waals surface area contributed by atoms with Gasteiger partial charge in [-0.3, -0.25) is 0 Å². The van der Waals surface area contributed by atoms with Crippen LogP contribution in [0.4, 0.5) is 5.69 Å². The second-order valence-electron chi connectivity index (χ2n) is 6.81. The average Bonchev–Trinajstić information content (AvgIpc) is 3.02. The maximum Gasteiger partial charge on any atom is 0.348 e. The number of rotatable bonds is 6. The second-order valence-corrected chi connectivity index (χ2v) is 6.81. The van der Waals surface area contributed by atoms with E-state index in [0.29, 0.717) is 23.3 Å². The zero-order valence-electron chi connectivity index (χ0n) is 16.8. The van der Waals surface area contributed by atoms with Crippen LogP contribution in [0.1, 0.15) is 32.6 Å². The fourth-order valence-corrected chi connectivity index (χ4v) is 4.35. The number of carbonyl (C=O) groups is 1. The molecule has 0 amide bonds.